The first kappa shape index (κ1) is 27.0. The highest BCUT2D eigenvalue weighted by Gasteiger charge is 2.40. The minimum atomic E-state index is -0.983. The van der Waals surface area contributed by atoms with Crippen LogP contribution in [0.4, 0.5) is 14.5 Å². The summed E-state index contributed by atoms with van der Waals surface area (Å²) in [6.45, 7) is 5.36. The van der Waals surface area contributed by atoms with Crippen molar-refractivity contribution in [2.75, 3.05) is 4.90 Å². The third-order valence-electron chi connectivity index (χ3n) is 6.70. The SMILES string of the molecule is CC(C)N1C(=O)[C@@H](NC(=O)[C@H](C)NC(=O)Cc2cc(F)cc(F)c2)[C@@H](c2ccccc2)Cc2ccccc21. The van der Waals surface area contributed by atoms with Crippen molar-refractivity contribution in [3.63, 3.8) is 0 Å². The zero-order valence-corrected chi connectivity index (χ0v) is 21.6. The summed E-state index contributed by atoms with van der Waals surface area (Å²) in [5.74, 6) is -3.24. The van der Waals surface area contributed by atoms with Gasteiger partial charge in [-0.25, -0.2) is 8.78 Å². The van der Waals surface area contributed by atoms with Gasteiger partial charge in [-0.1, -0.05) is 48.5 Å². The number of hydrogen-bond donors (Lipinski definition) is 2. The molecule has 0 saturated carbocycles. The van der Waals surface area contributed by atoms with Gasteiger partial charge >= 0.3 is 0 Å². The fraction of sp³-hybridized carbons (Fsp3) is 0.300. The molecule has 1 aliphatic rings. The van der Waals surface area contributed by atoms with Crippen LogP contribution < -0.4 is 15.5 Å². The molecule has 1 aliphatic heterocycles. The maximum absolute atomic E-state index is 14.0. The zero-order chi connectivity index (χ0) is 27.4. The molecule has 0 bridgehead atoms. The number of halogens is 2. The third-order valence-corrected chi connectivity index (χ3v) is 6.70. The fourth-order valence-electron chi connectivity index (χ4n) is 4.95. The van der Waals surface area contributed by atoms with E-state index in [1.807, 2.05) is 68.4 Å². The molecule has 38 heavy (non-hydrogen) atoms. The number of nitrogens with one attached hydrogen (secondary N) is 2. The molecule has 8 heteroatoms. The summed E-state index contributed by atoms with van der Waals surface area (Å²) in [6.07, 6.45) is 0.240. The van der Waals surface area contributed by atoms with Crippen LogP contribution in [0.3, 0.4) is 0 Å². The van der Waals surface area contributed by atoms with E-state index in [0.717, 1.165) is 35.0 Å². The lowest BCUT2D eigenvalue weighted by atomic mass is 9.86. The summed E-state index contributed by atoms with van der Waals surface area (Å²) < 4.78 is 27.0. The first-order chi connectivity index (χ1) is 18.1. The van der Waals surface area contributed by atoms with Crippen LogP contribution in [0.2, 0.25) is 0 Å². The molecule has 4 rings (SSSR count). The number of hydrogen-bond acceptors (Lipinski definition) is 3. The summed E-state index contributed by atoms with van der Waals surface area (Å²) in [6, 6.07) is 18.2. The fourth-order valence-corrected chi connectivity index (χ4v) is 4.95. The summed E-state index contributed by atoms with van der Waals surface area (Å²) >= 11 is 0. The number of amides is 3. The monoisotopic (exact) mass is 519 g/mol. The second kappa shape index (κ2) is 11.5. The Morgan fingerprint density at radius 2 is 1.58 bits per heavy atom. The molecule has 3 atom stereocenters. The Morgan fingerprint density at radius 1 is 0.947 bits per heavy atom. The molecule has 3 aromatic carbocycles. The van der Waals surface area contributed by atoms with Crippen LogP contribution in [0.25, 0.3) is 0 Å². The van der Waals surface area contributed by atoms with E-state index in [0.29, 0.717) is 6.42 Å². The van der Waals surface area contributed by atoms with E-state index < -0.39 is 35.5 Å². The van der Waals surface area contributed by atoms with Gasteiger partial charge in [0, 0.05) is 23.7 Å². The van der Waals surface area contributed by atoms with Crippen LogP contribution in [-0.4, -0.2) is 35.8 Å². The van der Waals surface area contributed by atoms with E-state index >= 15 is 0 Å². The average molecular weight is 520 g/mol. The van der Waals surface area contributed by atoms with Crippen molar-refractivity contribution in [2.24, 2.45) is 0 Å². The van der Waals surface area contributed by atoms with Crippen molar-refractivity contribution in [1.82, 2.24) is 10.6 Å². The van der Waals surface area contributed by atoms with Gasteiger partial charge in [-0.05, 0) is 62.1 Å². The lowest BCUT2D eigenvalue weighted by molar-refractivity contribution is -0.131. The van der Waals surface area contributed by atoms with Gasteiger partial charge < -0.3 is 15.5 Å². The Labute approximate surface area is 221 Å². The van der Waals surface area contributed by atoms with Crippen molar-refractivity contribution in [3.8, 4) is 0 Å². The predicted octanol–water partition coefficient (Wildman–Crippen LogP) is 4.28. The summed E-state index contributed by atoms with van der Waals surface area (Å²) in [5.41, 5.74) is 2.88. The van der Waals surface area contributed by atoms with Gasteiger partial charge in [-0.15, -0.1) is 0 Å². The average Bonchev–Trinajstić information content (AvgIpc) is 2.98. The molecule has 0 aliphatic carbocycles. The summed E-state index contributed by atoms with van der Waals surface area (Å²) in [5, 5.41) is 5.47. The van der Waals surface area contributed by atoms with E-state index in [2.05, 4.69) is 10.6 Å². The molecule has 0 saturated heterocycles. The van der Waals surface area contributed by atoms with Crippen LogP contribution >= 0.6 is 0 Å². The second-order valence-electron chi connectivity index (χ2n) is 9.88. The van der Waals surface area contributed by atoms with Gasteiger partial charge in [-0.2, -0.15) is 0 Å². The van der Waals surface area contributed by atoms with Crippen molar-refractivity contribution in [3.05, 3.63) is 101 Å². The van der Waals surface area contributed by atoms with Gasteiger partial charge in [0.25, 0.3) is 0 Å². The van der Waals surface area contributed by atoms with Crippen molar-refractivity contribution in [1.29, 1.82) is 0 Å². The topological polar surface area (TPSA) is 78.5 Å². The number of anilines is 1. The number of carbonyl (C=O) groups is 3. The number of benzene rings is 3. The van der Waals surface area contributed by atoms with Crippen molar-refractivity contribution >= 4 is 23.4 Å². The molecule has 3 aromatic rings. The maximum Gasteiger partial charge on any atom is 0.250 e. The number of carbonyl (C=O) groups excluding carboxylic acids is 3. The number of fused-ring (bicyclic) bond motifs is 1. The largest absolute Gasteiger partial charge is 0.344 e. The van der Waals surface area contributed by atoms with Gasteiger partial charge in [0.1, 0.15) is 23.7 Å². The second-order valence-corrected chi connectivity index (χ2v) is 9.88. The third kappa shape index (κ3) is 6.07. The highest BCUT2D eigenvalue weighted by Crippen LogP contribution is 2.36. The first-order valence-electron chi connectivity index (χ1n) is 12.6. The summed E-state index contributed by atoms with van der Waals surface area (Å²) in [4.78, 5) is 41.5. The number of para-hydroxylation sites is 1. The zero-order valence-electron chi connectivity index (χ0n) is 21.6. The van der Waals surface area contributed by atoms with E-state index in [1.54, 1.807) is 4.90 Å². The molecule has 198 valence electrons. The van der Waals surface area contributed by atoms with Crippen LogP contribution in [-0.2, 0) is 27.2 Å². The molecule has 6 nitrogen and oxygen atoms in total. The van der Waals surface area contributed by atoms with Crippen LogP contribution in [0, 0.1) is 11.6 Å². The van der Waals surface area contributed by atoms with Crippen molar-refractivity contribution < 1.29 is 23.2 Å². The Kier molecular flexibility index (Phi) is 8.20. The van der Waals surface area contributed by atoms with Crippen LogP contribution in [0.1, 0.15) is 43.4 Å². The molecular formula is C30H31F2N3O3. The normalized spacial score (nSPS) is 17.9. The lowest BCUT2D eigenvalue weighted by Gasteiger charge is -2.32. The molecule has 1 heterocycles. The Hall–Kier alpha value is -4.07. The van der Waals surface area contributed by atoms with Gasteiger partial charge in [-0.3, -0.25) is 14.4 Å². The van der Waals surface area contributed by atoms with Crippen LogP contribution in [0.5, 0.6) is 0 Å². The standard InChI is InChI=1S/C30H31F2N3O3/c1-18(2)35-26-12-8-7-11-22(26)16-25(21-9-5-4-6-10-21)28(30(35)38)34-29(37)19(3)33-27(36)15-20-13-23(31)17-24(32)14-20/h4-14,17-19,25,28H,15-16H2,1-3H3,(H,33,36)(H,34,37)/t19-,25+,28-/m0/s1. The van der Waals surface area contributed by atoms with Crippen molar-refractivity contribution in [2.45, 2.75) is 57.7 Å². The molecule has 0 radical (unpaired) electrons. The van der Waals surface area contributed by atoms with E-state index in [4.69, 9.17) is 0 Å². The van der Waals surface area contributed by atoms with Gasteiger partial charge in [0.15, 0.2) is 0 Å². The number of rotatable bonds is 7. The number of nitrogens with zero attached hydrogens (tertiary/aromatic N) is 1. The van der Waals surface area contributed by atoms with Gasteiger partial charge in [0.2, 0.25) is 17.7 Å². The molecule has 0 fully saturated rings. The Morgan fingerprint density at radius 3 is 2.24 bits per heavy atom. The predicted molar refractivity (Wildman–Crippen MR) is 142 cm³/mol. The quantitative estimate of drug-likeness (QED) is 0.489. The minimum absolute atomic E-state index is 0.152. The molecule has 3 amide bonds. The summed E-state index contributed by atoms with van der Waals surface area (Å²) in [7, 11) is 0. The molecular weight excluding hydrogens is 488 g/mol. The maximum atomic E-state index is 14.0. The molecule has 0 aromatic heterocycles. The lowest BCUT2D eigenvalue weighted by Crippen LogP contribution is -2.56. The Bertz CT molecular complexity index is 1310. The highest BCUT2D eigenvalue weighted by atomic mass is 19.1. The van der Waals surface area contributed by atoms with E-state index in [1.165, 1.54) is 6.92 Å². The van der Waals surface area contributed by atoms with E-state index in [-0.39, 0.29) is 29.9 Å². The first-order valence-corrected chi connectivity index (χ1v) is 12.6. The van der Waals surface area contributed by atoms with Crippen LogP contribution in [0.15, 0.2) is 72.8 Å². The molecule has 0 unspecified atom stereocenters. The highest BCUT2D eigenvalue weighted by molar-refractivity contribution is 6.02. The van der Waals surface area contributed by atoms with E-state index in [9.17, 15) is 23.2 Å². The smallest absolute Gasteiger partial charge is 0.250 e. The minimum Gasteiger partial charge on any atom is -0.344 e. The molecule has 0 spiro atoms. The Balaban J connectivity index is 1.57. The van der Waals surface area contributed by atoms with Gasteiger partial charge in [0.05, 0.1) is 6.42 Å². The molecule has 2 N–H and O–H groups in total.